The van der Waals surface area contributed by atoms with Crippen LogP contribution in [0.15, 0.2) is 30.9 Å². The van der Waals surface area contributed by atoms with Crippen molar-refractivity contribution < 1.29 is 0 Å². The topological polar surface area (TPSA) is 26.0 Å². The Balaban J connectivity index is 3.00. The molecule has 1 rings (SSSR count). The van der Waals surface area contributed by atoms with E-state index in [1.165, 1.54) is 0 Å². The highest BCUT2D eigenvalue weighted by atomic mass is 35.5. The molecule has 0 saturated heterocycles. The lowest BCUT2D eigenvalue weighted by molar-refractivity contribution is 0.742. The first-order valence-corrected chi connectivity index (χ1v) is 4.72. The first-order chi connectivity index (χ1) is 6.16. The van der Waals surface area contributed by atoms with Gasteiger partial charge in [-0.3, -0.25) is 0 Å². The van der Waals surface area contributed by atoms with Crippen LogP contribution >= 0.6 is 23.2 Å². The minimum atomic E-state index is -0.122. The normalized spacial score (nSPS) is 12.5. The van der Waals surface area contributed by atoms with Crippen LogP contribution in [0.4, 0.5) is 0 Å². The molecule has 13 heavy (non-hydrogen) atoms. The van der Waals surface area contributed by atoms with Gasteiger partial charge in [-0.1, -0.05) is 41.4 Å². The quantitative estimate of drug-likeness (QED) is 0.768. The number of hydrogen-bond acceptors (Lipinski definition) is 1. The molecule has 0 bridgehead atoms. The maximum Gasteiger partial charge on any atom is 0.0640 e. The zero-order valence-corrected chi connectivity index (χ0v) is 8.65. The van der Waals surface area contributed by atoms with Crippen molar-refractivity contribution >= 4 is 23.2 Å². The summed E-state index contributed by atoms with van der Waals surface area (Å²) >= 11 is 11.8. The molecule has 0 aliphatic rings. The van der Waals surface area contributed by atoms with E-state index in [9.17, 15) is 0 Å². The molecular formula is C10H11Cl2N. The predicted octanol–water partition coefficient (Wildman–Crippen LogP) is 3.57. The molecule has 0 heterocycles. The minimum absolute atomic E-state index is 0.122. The lowest BCUT2D eigenvalue weighted by atomic mass is 10.1. The van der Waals surface area contributed by atoms with Gasteiger partial charge in [0, 0.05) is 6.04 Å². The highest BCUT2D eigenvalue weighted by Crippen LogP contribution is 2.30. The summed E-state index contributed by atoms with van der Waals surface area (Å²) in [5.74, 6) is 0. The Bertz CT molecular complexity index is 310. The number of benzene rings is 1. The standard InChI is InChI=1S/C10H11Cl2N/c1-2-4-9(13)7-5-3-6-8(11)10(7)12/h2-3,5-6,9H,1,4,13H2/t9-/m0/s1. The average Bonchev–Trinajstić information content (AvgIpc) is 2.10. The van der Waals surface area contributed by atoms with Gasteiger partial charge in [-0.05, 0) is 18.1 Å². The van der Waals surface area contributed by atoms with Crippen LogP contribution < -0.4 is 5.73 Å². The van der Waals surface area contributed by atoms with Gasteiger partial charge in [-0.15, -0.1) is 6.58 Å². The molecule has 0 aliphatic carbocycles. The van der Waals surface area contributed by atoms with E-state index in [0.29, 0.717) is 16.5 Å². The third kappa shape index (κ3) is 2.47. The summed E-state index contributed by atoms with van der Waals surface area (Å²) in [6.07, 6.45) is 2.46. The van der Waals surface area contributed by atoms with Crippen LogP contribution in [0.2, 0.25) is 10.0 Å². The first-order valence-electron chi connectivity index (χ1n) is 3.97. The molecule has 0 spiro atoms. The van der Waals surface area contributed by atoms with E-state index < -0.39 is 0 Å². The monoisotopic (exact) mass is 215 g/mol. The Morgan fingerprint density at radius 1 is 1.46 bits per heavy atom. The fraction of sp³-hybridized carbons (Fsp3) is 0.200. The number of hydrogen-bond donors (Lipinski definition) is 1. The van der Waals surface area contributed by atoms with Crippen molar-refractivity contribution in [3.05, 3.63) is 46.5 Å². The van der Waals surface area contributed by atoms with Crippen molar-refractivity contribution in [3.63, 3.8) is 0 Å². The van der Waals surface area contributed by atoms with Crippen LogP contribution in [0.5, 0.6) is 0 Å². The lowest BCUT2D eigenvalue weighted by Gasteiger charge is -2.11. The molecule has 0 aliphatic heterocycles. The van der Waals surface area contributed by atoms with Crippen molar-refractivity contribution in [2.24, 2.45) is 5.73 Å². The molecule has 0 amide bonds. The molecule has 70 valence electrons. The third-order valence-electron chi connectivity index (χ3n) is 1.80. The van der Waals surface area contributed by atoms with Gasteiger partial charge in [0.05, 0.1) is 10.0 Å². The molecule has 1 atom stereocenters. The highest BCUT2D eigenvalue weighted by molar-refractivity contribution is 6.42. The second kappa shape index (κ2) is 4.66. The van der Waals surface area contributed by atoms with E-state index >= 15 is 0 Å². The van der Waals surface area contributed by atoms with E-state index in [0.717, 1.165) is 5.56 Å². The average molecular weight is 216 g/mol. The Hall–Kier alpha value is -0.500. The van der Waals surface area contributed by atoms with Crippen molar-refractivity contribution in [2.45, 2.75) is 12.5 Å². The maximum atomic E-state index is 5.98. The first kappa shape index (κ1) is 10.6. The van der Waals surface area contributed by atoms with E-state index in [1.54, 1.807) is 12.1 Å². The Morgan fingerprint density at radius 2 is 2.15 bits per heavy atom. The zero-order chi connectivity index (χ0) is 9.84. The molecular weight excluding hydrogens is 205 g/mol. The molecule has 1 aromatic rings. The van der Waals surface area contributed by atoms with Gasteiger partial charge in [0.25, 0.3) is 0 Å². The van der Waals surface area contributed by atoms with Gasteiger partial charge in [-0.25, -0.2) is 0 Å². The minimum Gasteiger partial charge on any atom is -0.324 e. The van der Waals surface area contributed by atoms with E-state index in [2.05, 4.69) is 6.58 Å². The fourth-order valence-corrected chi connectivity index (χ4v) is 1.56. The van der Waals surface area contributed by atoms with Crippen molar-refractivity contribution in [1.29, 1.82) is 0 Å². The third-order valence-corrected chi connectivity index (χ3v) is 2.64. The molecule has 0 radical (unpaired) electrons. The molecule has 1 nitrogen and oxygen atoms in total. The molecule has 0 saturated carbocycles. The van der Waals surface area contributed by atoms with Crippen molar-refractivity contribution in [3.8, 4) is 0 Å². The summed E-state index contributed by atoms with van der Waals surface area (Å²) in [4.78, 5) is 0. The van der Waals surface area contributed by atoms with Gasteiger partial charge >= 0.3 is 0 Å². The van der Waals surface area contributed by atoms with Crippen LogP contribution in [-0.4, -0.2) is 0 Å². The van der Waals surface area contributed by atoms with E-state index in [1.807, 2.05) is 12.1 Å². The number of nitrogens with two attached hydrogens (primary N) is 1. The summed E-state index contributed by atoms with van der Waals surface area (Å²) in [7, 11) is 0. The van der Waals surface area contributed by atoms with E-state index in [4.69, 9.17) is 28.9 Å². The highest BCUT2D eigenvalue weighted by Gasteiger charge is 2.10. The summed E-state index contributed by atoms with van der Waals surface area (Å²) in [5, 5.41) is 1.08. The molecule has 0 aromatic heterocycles. The van der Waals surface area contributed by atoms with Gasteiger partial charge in [-0.2, -0.15) is 0 Å². The SMILES string of the molecule is C=CC[C@H](N)c1cccc(Cl)c1Cl. The zero-order valence-electron chi connectivity index (χ0n) is 7.13. The van der Waals surface area contributed by atoms with Crippen LogP contribution in [0.25, 0.3) is 0 Å². The van der Waals surface area contributed by atoms with E-state index in [-0.39, 0.29) is 6.04 Å². The Labute approximate surface area is 88.1 Å². The summed E-state index contributed by atoms with van der Waals surface area (Å²) in [6.45, 7) is 3.62. The maximum absolute atomic E-state index is 5.98. The molecule has 2 N–H and O–H groups in total. The molecule has 0 unspecified atom stereocenters. The number of halogens is 2. The summed E-state index contributed by atoms with van der Waals surface area (Å²) in [6, 6.07) is 5.34. The second-order valence-corrected chi connectivity index (χ2v) is 3.56. The van der Waals surface area contributed by atoms with Gasteiger partial charge in [0.15, 0.2) is 0 Å². The van der Waals surface area contributed by atoms with Crippen LogP contribution in [0.3, 0.4) is 0 Å². The van der Waals surface area contributed by atoms with Gasteiger partial charge < -0.3 is 5.73 Å². The summed E-state index contributed by atoms with van der Waals surface area (Å²) in [5.41, 5.74) is 6.73. The van der Waals surface area contributed by atoms with Crippen LogP contribution in [-0.2, 0) is 0 Å². The molecule has 0 fully saturated rings. The Morgan fingerprint density at radius 3 is 2.77 bits per heavy atom. The van der Waals surface area contributed by atoms with Crippen molar-refractivity contribution in [1.82, 2.24) is 0 Å². The fourth-order valence-electron chi connectivity index (χ4n) is 1.11. The van der Waals surface area contributed by atoms with Gasteiger partial charge in [0.2, 0.25) is 0 Å². The van der Waals surface area contributed by atoms with Crippen molar-refractivity contribution in [2.75, 3.05) is 0 Å². The molecule has 3 heteroatoms. The second-order valence-electron chi connectivity index (χ2n) is 2.77. The number of rotatable bonds is 3. The van der Waals surface area contributed by atoms with Crippen LogP contribution in [0.1, 0.15) is 18.0 Å². The summed E-state index contributed by atoms with van der Waals surface area (Å²) < 4.78 is 0. The predicted molar refractivity (Wildman–Crippen MR) is 58.2 cm³/mol. The smallest absolute Gasteiger partial charge is 0.0640 e. The molecule has 1 aromatic carbocycles. The van der Waals surface area contributed by atoms with Crippen LogP contribution in [0, 0.1) is 0 Å². The Kier molecular flexibility index (Phi) is 3.79. The van der Waals surface area contributed by atoms with Gasteiger partial charge in [0.1, 0.15) is 0 Å². The lowest BCUT2D eigenvalue weighted by Crippen LogP contribution is -2.09. The largest absolute Gasteiger partial charge is 0.324 e.